The standard InChI is InChI=1S/C12H15N3OS/c1-16-7-6-14-9-11-8-12(15-17-11)10-2-4-13-5-3-10/h2-5,8,14H,6-7,9H2,1H3. The maximum absolute atomic E-state index is 4.97. The van der Waals surface area contributed by atoms with Crippen LogP contribution in [0.2, 0.25) is 0 Å². The second-order valence-electron chi connectivity index (χ2n) is 3.58. The van der Waals surface area contributed by atoms with Crippen LogP contribution in [-0.4, -0.2) is 29.6 Å². The highest BCUT2D eigenvalue weighted by molar-refractivity contribution is 7.06. The average molecular weight is 249 g/mol. The van der Waals surface area contributed by atoms with Gasteiger partial charge in [-0.1, -0.05) is 0 Å². The smallest absolute Gasteiger partial charge is 0.0845 e. The van der Waals surface area contributed by atoms with Crippen molar-refractivity contribution in [3.8, 4) is 11.3 Å². The molecule has 0 radical (unpaired) electrons. The first-order chi connectivity index (χ1) is 8.40. The van der Waals surface area contributed by atoms with E-state index >= 15 is 0 Å². The van der Waals surface area contributed by atoms with Crippen LogP contribution in [0.1, 0.15) is 4.88 Å². The largest absolute Gasteiger partial charge is 0.383 e. The molecule has 0 saturated heterocycles. The van der Waals surface area contributed by atoms with Crippen LogP contribution < -0.4 is 5.32 Å². The maximum Gasteiger partial charge on any atom is 0.0845 e. The van der Waals surface area contributed by atoms with Crippen molar-refractivity contribution in [1.82, 2.24) is 14.7 Å². The van der Waals surface area contributed by atoms with Gasteiger partial charge in [-0.2, -0.15) is 4.37 Å². The van der Waals surface area contributed by atoms with E-state index in [4.69, 9.17) is 4.74 Å². The summed E-state index contributed by atoms with van der Waals surface area (Å²) in [6.07, 6.45) is 3.57. The van der Waals surface area contributed by atoms with Gasteiger partial charge in [-0.25, -0.2) is 0 Å². The highest BCUT2D eigenvalue weighted by Gasteiger charge is 2.03. The number of aromatic nitrogens is 2. The summed E-state index contributed by atoms with van der Waals surface area (Å²) in [5.41, 5.74) is 2.13. The molecule has 0 aliphatic rings. The highest BCUT2D eigenvalue weighted by atomic mass is 32.1. The van der Waals surface area contributed by atoms with E-state index < -0.39 is 0 Å². The Kier molecular flexibility index (Phi) is 4.61. The maximum atomic E-state index is 4.97. The Morgan fingerprint density at radius 2 is 2.18 bits per heavy atom. The van der Waals surface area contributed by atoms with Gasteiger partial charge >= 0.3 is 0 Å². The first kappa shape index (κ1) is 12.2. The van der Waals surface area contributed by atoms with Crippen LogP contribution in [0.25, 0.3) is 11.3 Å². The molecular formula is C12H15N3OS. The molecule has 4 nitrogen and oxygen atoms in total. The number of rotatable bonds is 6. The van der Waals surface area contributed by atoms with E-state index in [1.807, 2.05) is 12.1 Å². The first-order valence-corrected chi connectivity index (χ1v) is 6.23. The summed E-state index contributed by atoms with van der Waals surface area (Å²) >= 11 is 1.53. The van der Waals surface area contributed by atoms with Crippen LogP contribution in [0.15, 0.2) is 30.6 Å². The Morgan fingerprint density at radius 3 is 2.94 bits per heavy atom. The van der Waals surface area contributed by atoms with Gasteiger partial charge in [0.1, 0.15) is 0 Å². The molecule has 2 aromatic heterocycles. The lowest BCUT2D eigenvalue weighted by Gasteiger charge is -2.00. The number of ether oxygens (including phenoxy) is 1. The van der Waals surface area contributed by atoms with Gasteiger partial charge in [0, 0.05) is 43.0 Å². The summed E-state index contributed by atoms with van der Waals surface area (Å²) in [6, 6.07) is 6.05. The van der Waals surface area contributed by atoms with Crippen molar-refractivity contribution in [3.63, 3.8) is 0 Å². The number of nitrogens with zero attached hydrogens (tertiary/aromatic N) is 2. The van der Waals surface area contributed by atoms with Crippen LogP contribution in [0.5, 0.6) is 0 Å². The molecule has 0 saturated carbocycles. The molecule has 0 aliphatic carbocycles. The minimum Gasteiger partial charge on any atom is -0.383 e. The lowest BCUT2D eigenvalue weighted by molar-refractivity contribution is 0.199. The minimum absolute atomic E-state index is 0.732. The molecule has 0 aliphatic heterocycles. The molecule has 90 valence electrons. The predicted octanol–water partition coefficient (Wildman–Crippen LogP) is 1.94. The third-order valence-electron chi connectivity index (χ3n) is 2.32. The lowest BCUT2D eigenvalue weighted by Crippen LogP contribution is -2.17. The van der Waals surface area contributed by atoms with Crippen LogP contribution in [0.4, 0.5) is 0 Å². The fraction of sp³-hybridized carbons (Fsp3) is 0.333. The summed E-state index contributed by atoms with van der Waals surface area (Å²) in [6.45, 7) is 2.43. The van der Waals surface area contributed by atoms with E-state index in [-0.39, 0.29) is 0 Å². The molecule has 2 rings (SSSR count). The van der Waals surface area contributed by atoms with E-state index in [1.165, 1.54) is 16.4 Å². The number of methoxy groups -OCH3 is 1. The average Bonchev–Trinajstić information content (AvgIpc) is 2.85. The molecule has 2 aromatic rings. The molecule has 5 heteroatoms. The van der Waals surface area contributed by atoms with Crippen LogP contribution in [-0.2, 0) is 11.3 Å². The van der Waals surface area contributed by atoms with Crippen LogP contribution >= 0.6 is 11.5 Å². The zero-order chi connectivity index (χ0) is 11.9. The molecule has 0 unspecified atom stereocenters. The number of hydrogen-bond acceptors (Lipinski definition) is 5. The van der Waals surface area contributed by atoms with Gasteiger partial charge in [0.05, 0.1) is 12.3 Å². The van der Waals surface area contributed by atoms with E-state index in [9.17, 15) is 0 Å². The fourth-order valence-electron chi connectivity index (χ4n) is 1.44. The Labute approximate surface area is 105 Å². The molecular weight excluding hydrogens is 234 g/mol. The lowest BCUT2D eigenvalue weighted by atomic mass is 10.2. The Hall–Kier alpha value is -1.30. The fourth-order valence-corrected chi connectivity index (χ4v) is 2.15. The number of pyridine rings is 1. The van der Waals surface area contributed by atoms with Crippen molar-refractivity contribution in [2.45, 2.75) is 6.54 Å². The summed E-state index contributed by atoms with van der Waals surface area (Å²) in [5.74, 6) is 0. The Balaban J connectivity index is 1.92. The normalized spacial score (nSPS) is 10.6. The Bertz CT molecular complexity index is 444. The quantitative estimate of drug-likeness (QED) is 0.795. The monoisotopic (exact) mass is 249 g/mol. The molecule has 0 aromatic carbocycles. The molecule has 0 atom stereocenters. The SMILES string of the molecule is COCCNCc1cc(-c2ccncc2)ns1. The van der Waals surface area contributed by atoms with E-state index in [0.29, 0.717) is 0 Å². The highest BCUT2D eigenvalue weighted by Crippen LogP contribution is 2.20. The topological polar surface area (TPSA) is 47.0 Å². The van der Waals surface area contributed by atoms with Gasteiger partial charge in [0.25, 0.3) is 0 Å². The third-order valence-corrected chi connectivity index (χ3v) is 3.10. The van der Waals surface area contributed by atoms with Crippen molar-refractivity contribution in [2.75, 3.05) is 20.3 Å². The molecule has 17 heavy (non-hydrogen) atoms. The summed E-state index contributed by atoms with van der Waals surface area (Å²) in [4.78, 5) is 5.23. The van der Waals surface area contributed by atoms with Gasteiger partial charge in [0.2, 0.25) is 0 Å². The second kappa shape index (κ2) is 6.44. The molecule has 2 heterocycles. The molecule has 0 amide bonds. The van der Waals surface area contributed by atoms with Gasteiger partial charge in [-0.3, -0.25) is 4.98 Å². The van der Waals surface area contributed by atoms with E-state index in [1.54, 1.807) is 19.5 Å². The van der Waals surface area contributed by atoms with Crippen molar-refractivity contribution in [3.05, 3.63) is 35.5 Å². The van der Waals surface area contributed by atoms with Crippen LogP contribution in [0.3, 0.4) is 0 Å². The van der Waals surface area contributed by atoms with Gasteiger partial charge in [0.15, 0.2) is 0 Å². The summed E-state index contributed by atoms with van der Waals surface area (Å²) in [5, 5.41) is 3.30. The number of hydrogen-bond donors (Lipinski definition) is 1. The zero-order valence-corrected chi connectivity index (χ0v) is 10.5. The predicted molar refractivity (Wildman–Crippen MR) is 68.9 cm³/mol. The number of nitrogens with one attached hydrogen (secondary N) is 1. The summed E-state index contributed by atoms with van der Waals surface area (Å²) in [7, 11) is 1.70. The second-order valence-corrected chi connectivity index (χ2v) is 4.47. The molecule has 0 bridgehead atoms. The third kappa shape index (κ3) is 3.59. The molecule has 0 spiro atoms. The zero-order valence-electron chi connectivity index (χ0n) is 9.72. The van der Waals surface area contributed by atoms with Gasteiger partial charge in [-0.15, -0.1) is 0 Å². The van der Waals surface area contributed by atoms with E-state index in [2.05, 4.69) is 20.7 Å². The molecule has 0 fully saturated rings. The van der Waals surface area contributed by atoms with Gasteiger partial charge in [-0.05, 0) is 29.7 Å². The molecule has 1 N–H and O–H groups in total. The van der Waals surface area contributed by atoms with Crippen molar-refractivity contribution < 1.29 is 4.74 Å². The van der Waals surface area contributed by atoms with Crippen molar-refractivity contribution >= 4 is 11.5 Å². The first-order valence-electron chi connectivity index (χ1n) is 5.46. The van der Waals surface area contributed by atoms with E-state index in [0.717, 1.165) is 31.0 Å². The summed E-state index contributed by atoms with van der Waals surface area (Å²) < 4.78 is 9.40. The van der Waals surface area contributed by atoms with Crippen molar-refractivity contribution in [2.24, 2.45) is 0 Å². The van der Waals surface area contributed by atoms with Crippen molar-refractivity contribution in [1.29, 1.82) is 0 Å². The van der Waals surface area contributed by atoms with Gasteiger partial charge < -0.3 is 10.1 Å². The Morgan fingerprint density at radius 1 is 1.35 bits per heavy atom. The van der Waals surface area contributed by atoms with Crippen LogP contribution in [0, 0.1) is 0 Å². The minimum atomic E-state index is 0.732.